The summed E-state index contributed by atoms with van der Waals surface area (Å²) in [5.74, 6) is 0. The molecule has 1 rings (SSSR count). The van der Waals surface area contributed by atoms with Crippen molar-refractivity contribution in [3.05, 3.63) is 0 Å². The van der Waals surface area contributed by atoms with E-state index < -0.39 is 0 Å². The van der Waals surface area contributed by atoms with Gasteiger partial charge in [-0.2, -0.15) is 9.78 Å². The zero-order valence-electron chi connectivity index (χ0n) is 15.0. The lowest BCUT2D eigenvalue weighted by molar-refractivity contribution is -0.388. The molecule has 2 atom stereocenters. The SMILES string of the molecule is CCC(C)(C)OOC(C)CCC(OOC(C)(C)CC)C1OO1. The minimum absolute atomic E-state index is 0.0464. The van der Waals surface area contributed by atoms with Crippen LogP contribution in [0.2, 0.25) is 0 Å². The highest BCUT2D eigenvalue weighted by Gasteiger charge is 2.39. The molecule has 22 heavy (non-hydrogen) atoms. The second-order valence-electron chi connectivity index (χ2n) is 7.07. The summed E-state index contributed by atoms with van der Waals surface area (Å²) in [7, 11) is 0. The Hall–Kier alpha value is -0.240. The van der Waals surface area contributed by atoms with Gasteiger partial charge in [0, 0.05) is 0 Å². The molecule has 0 aliphatic carbocycles. The van der Waals surface area contributed by atoms with Gasteiger partial charge in [-0.1, -0.05) is 13.8 Å². The molecule has 0 radical (unpaired) electrons. The molecular formula is C16H32O6. The molecule has 1 saturated heterocycles. The van der Waals surface area contributed by atoms with Crippen LogP contribution in [0, 0.1) is 0 Å². The van der Waals surface area contributed by atoms with Gasteiger partial charge in [-0.25, -0.2) is 19.6 Å². The van der Waals surface area contributed by atoms with Crippen LogP contribution in [-0.2, 0) is 29.3 Å². The molecule has 0 bridgehead atoms. The van der Waals surface area contributed by atoms with E-state index in [1.807, 2.05) is 41.5 Å². The van der Waals surface area contributed by atoms with E-state index in [4.69, 9.17) is 29.3 Å². The van der Waals surface area contributed by atoms with Crippen LogP contribution in [0.3, 0.4) is 0 Å². The van der Waals surface area contributed by atoms with Crippen molar-refractivity contribution in [1.29, 1.82) is 0 Å². The first-order valence-electron chi connectivity index (χ1n) is 8.20. The minimum atomic E-state index is -0.354. The topological polar surface area (TPSA) is 62.0 Å². The molecule has 0 aromatic rings. The maximum absolute atomic E-state index is 5.49. The van der Waals surface area contributed by atoms with Gasteiger partial charge in [0.25, 0.3) is 6.29 Å². The monoisotopic (exact) mass is 320 g/mol. The summed E-state index contributed by atoms with van der Waals surface area (Å²) in [5, 5.41) is 0. The zero-order chi connectivity index (χ0) is 16.8. The average Bonchev–Trinajstić information content (AvgIpc) is 3.30. The maximum Gasteiger partial charge on any atom is 0.253 e. The summed E-state index contributed by atoms with van der Waals surface area (Å²) in [5.41, 5.74) is -0.606. The van der Waals surface area contributed by atoms with Crippen LogP contribution >= 0.6 is 0 Å². The summed E-state index contributed by atoms with van der Waals surface area (Å²) in [4.78, 5) is 31.6. The molecule has 0 saturated carbocycles. The zero-order valence-corrected chi connectivity index (χ0v) is 15.0. The predicted molar refractivity (Wildman–Crippen MR) is 81.5 cm³/mol. The van der Waals surface area contributed by atoms with Crippen molar-refractivity contribution in [2.45, 2.75) is 104 Å². The third-order valence-corrected chi connectivity index (χ3v) is 3.91. The molecule has 6 nitrogen and oxygen atoms in total. The lowest BCUT2D eigenvalue weighted by atomic mass is 10.1. The van der Waals surface area contributed by atoms with Gasteiger partial charge < -0.3 is 0 Å². The molecule has 1 aliphatic rings. The fourth-order valence-corrected chi connectivity index (χ4v) is 1.35. The van der Waals surface area contributed by atoms with E-state index in [0.29, 0.717) is 6.42 Å². The highest BCUT2D eigenvalue weighted by molar-refractivity contribution is 4.68. The van der Waals surface area contributed by atoms with Crippen LogP contribution < -0.4 is 0 Å². The molecule has 1 fully saturated rings. The minimum Gasteiger partial charge on any atom is -0.233 e. The Morgan fingerprint density at radius 2 is 1.36 bits per heavy atom. The second-order valence-corrected chi connectivity index (χ2v) is 7.07. The Morgan fingerprint density at radius 1 is 0.864 bits per heavy atom. The first-order valence-corrected chi connectivity index (χ1v) is 8.20. The smallest absolute Gasteiger partial charge is 0.233 e. The van der Waals surface area contributed by atoms with E-state index in [0.717, 1.165) is 19.3 Å². The summed E-state index contributed by atoms with van der Waals surface area (Å²) in [6.45, 7) is 14.0. The van der Waals surface area contributed by atoms with E-state index in [2.05, 4.69) is 6.92 Å². The second kappa shape index (κ2) is 8.57. The molecule has 0 amide bonds. The number of hydrogen-bond donors (Lipinski definition) is 0. The van der Waals surface area contributed by atoms with Gasteiger partial charge in [0.1, 0.15) is 6.10 Å². The van der Waals surface area contributed by atoms with Gasteiger partial charge in [0.2, 0.25) is 0 Å². The van der Waals surface area contributed by atoms with E-state index in [-0.39, 0.29) is 29.7 Å². The van der Waals surface area contributed by atoms with Gasteiger partial charge in [-0.3, -0.25) is 0 Å². The van der Waals surface area contributed by atoms with Gasteiger partial charge in [0.15, 0.2) is 0 Å². The van der Waals surface area contributed by atoms with E-state index in [1.165, 1.54) is 0 Å². The van der Waals surface area contributed by atoms with E-state index >= 15 is 0 Å². The Bertz CT molecular complexity index is 314. The van der Waals surface area contributed by atoms with Crippen LogP contribution in [0.15, 0.2) is 0 Å². The summed E-state index contributed by atoms with van der Waals surface area (Å²) in [6.07, 6.45) is 2.52. The van der Waals surface area contributed by atoms with Crippen molar-refractivity contribution < 1.29 is 29.3 Å². The molecular weight excluding hydrogens is 288 g/mol. The standard InChI is InChI=1S/C16H32O6/c1-8-15(4,5)21-17-12(3)10-11-13(14-19-20-14)18-22-16(6,7)9-2/h12-14H,8-11H2,1-7H3. The highest BCUT2D eigenvalue weighted by atomic mass is 17.4. The fraction of sp³-hybridized carbons (Fsp3) is 1.00. The number of rotatable bonds is 12. The van der Waals surface area contributed by atoms with Crippen molar-refractivity contribution in [2.24, 2.45) is 0 Å². The largest absolute Gasteiger partial charge is 0.253 e. The normalized spacial score (nSPS) is 19.2. The molecule has 2 unspecified atom stereocenters. The van der Waals surface area contributed by atoms with Crippen LogP contribution in [0.25, 0.3) is 0 Å². The van der Waals surface area contributed by atoms with Gasteiger partial charge in [-0.05, 0) is 60.3 Å². The van der Waals surface area contributed by atoms with Crippen molar-refractivity contribution in [3.63, 3.8) is 0 Å². The first kappa shape index (κ1) is 19.8. The van der Waals surface area contributed by atoms with Gasteiger partial charge in [-0.15, -0.1) is 0 Å². The number of hydrogen-bond acceptors (Lipinski definition) is 6. The van der Waals surface area contributed by atoms with Crippen molar-refractivity contribution in [3.8, 4) is 0 Å². The fourth-order valence-electron chi connectivity index (χ4n) is 1.35. The third kappa shape index (κ3) is 7.85. The molecule has 0 aromatic heterocycles. The average molecular weight is 320 g/mol. The van der Waals surface area contributed by atoms with Gasteiger partial charge in [0.05, 0.1) is 17.3 Å². The molecule has 1 heterocycles. The molecule has 132 valence electrons. The summed E-state index contributed by atoms with van der Waals surface area (Å²) >= 11 is 0. The first-order chi connectivity index (χ1) is 10.2. The summed E-state index contributed by atoms with van der Waals surface area (Å²) < 4.78 is 0. The van der Waals surface area contributed by atoms with E-state index in [1.54, 1.807) is 0 Å². The molecule has 0 aromatic carbocycles. The Labute approximate surface area is 134 Å². The molecule has 0 spiro atoms. The summed E-state index contributed by atoms with van der Waals surface area (Å²) in [6, 6.07) is 0. The van der Waals surface area contributed by atoms with Crippen LogP contribution in [0.4, 0.5) is 0 Å². The Kier molecular flexibility index (Phi) is 7.71. The van der Waals surface area contributed by atoms with Crippen molar-refractivity contribution in [1.82, 2.24) is 0 Å². The van der Waals surface area contributed by atoms with Gasteiger partial charge >= 0.3 is 0 Å². The van der Waals surface area contributed by atoms with Crippen LogP contribution in [-0.4, -0.2) is 29.7 Å². The van der Waals surface area contributed by atoms with E-state index in [9.17, 15) is 0 Å². The Balaban J connectivity index is 2.29. The molecule has 1 aliphatic heterocycles. The highest BCUT2D eigenvalue weighted by Crippen LogP contribution is 2.27. The molecule has 6 heteroatoms. The van der Waals surface area contributed by atoms with Crippen LogP contribution in [0.1, 0.15) is 74.1 Å². The lowest BCUT2D eigenvalue weighted by Gasteiger charge is -2.26. The van der Waals surface area contributed by atoms with Crippen molar-refractivity contribution >= 4 is 0 Å². The third-order valence-electron chi connectivity index (χ3n) is 3.91. The quantitative estimate of drug-likeness (QED) is 0.307. The Morgan fingerprint density at radius 3 is 1.82 bits per heavy atom. The lowest BCUT2D eigenvalue weighted by Crippen LogP contribution is -2.30. The van der Waals surface area contributed by atoms with Crippen LogP contribution in [0.5, 0.6) is 0 Å². The predicted octanol–water partition coefficient (Wildman–Crippen LogP) is 4.09. The molecule has 0 N–H and O–H groups in total. The maximum atomic E-state index is 5.49. The van der Waals surface area contributed by atoms with Crippen molar-refractivity contribution in [2.75, 3.05) is 0 Å².